The van der Waals surface area contributed by atoms with Crippen molar-refractivity contribution in [2.45, 2.75) is 45.6 Å². The van der Waals surface area contributed by atoms with Gasteiger partial charge in [0.05, 0.1) is 0 Å². The first-order valence-corrected chi connectivity index (χ1v) is 5.60. The Kier molecular flexibility index (Phi) is 4.29. The molecule has 0 aromatic rings. The van der Waals surface area contributed by atoms with Crippen LogP contribution in [0.2, 0.25) is 0 Å². The summed E-state index contributed by atoms with van der Waals surface area (Å²) in [5.41, 5.74) is -0.595. The van der Waals surface area contributed by atoms with E-state index in [1.54, 1.807) is 32.2 Å². The highest BCUT2D eigenvalue weighted by Gasteiger charge is 2.28. The van der Waals surface area contributed by atoms with Crippen molar-refractivity contribution in [2.75, 3.05) is 13.1 Å². The molecule has 16 heavy (non-hydrogen) atoms. The summed E-state index contributed by atoms with van der Waals surface area (Å²) in [6.07, 6.45) is 4.09. The normalized spacial score (nSPS) is 17.9. The Bertz CT molecular complexity index is 254. The van der Waals surface area contributed by atoms with Gasteiger partial charge >= 0.3 is 12.5 Å². The maximum Gasteiger partial charge on any atom is 0.432 e. The number of rotatable bonds is 2. The van der Waals surface area contributed by atoms with Crippen molar-refractivity contribution < 1.29 is 14.3 Å². The first-order chi connectivity index (χ1) is 7.44. The molecule has 0 aromatic carbocycles. The summed E-state index contributed by atoms with van der Waals surface area (Å²) < 4.78 is 5.13. The van der Waals surface area contributed by atoms with Crippen LogP contribution >= 0.6 is 0 Å². The van der Waals surface area contributed by atoms with Crippen molar-refractivity contribution >= 4 is 12.5 Å². The number of carbonyl (C=O) groups excluding carboxylic acids is 2. The molecule has 1 aliphatic rings. The number of hydrogen-bond donors (Lipinski definition) is 0. The van der Waals surface area contributed by atoms with E-state index in [0.717, 1.165) is 24.3 Å². The Morgan fingerprint density at radius 1 is 1.25 bits per heavy atom. The largest absolute Gasteiger partial charge is 0.442 e. The molecule has 91 valence electrons. The van der Waals surface area contributed by atoms with Crippen molar-refractivity contribution in [1.82, 2.24) is 10.0 Å². The van der Waals surface area contributed by atoms with Gasteiger partial charge in [-0.05, 0) is 33.6 Å². The van der Waals surface area contributed by atoms with Crippen LogP contribution in [0.15, 0.2) is 0 Å². The molecule has 1 fully saturated rings. The summed E-state index contributed by atoms with van der Waals surface area (Å²) in [6.45, 7) is 6.71. The van der Waals surface area contributed by atoms with E-state index in [1.807, 2.05) is 0 Å². The van der Waals surface area contributed by atoms with Gasteiger partial charge < -0.3 is 4.74 Å². The molecule has 2 amide bonds. The number of nitrogens with zero attached hydrogens (tertiary/aromatic N) is 2. The van der Waals surface area contributed by atoms with Crippen LogP contribution in [0.3, 0.4) is 0 Å². The average Bonchev–Trinajstić information content (AvgIpc) is 2.17. The van der Waals surface area contributed by atoms with Crippen LogP contribution in [0.1, 0.15) is 40.0 Å². The van der Waals surface area contributed by atoms with Gasteiger partial charge in [-0.25, -0.2) is 9.80 Å². The molecule has 0 saturated carbocycles. The fourth-order valence-electron chi connectivity index (χ4n) is 1.59. The van der Waals surface area contributed by atoms with E-state index >= 15 is 0 Å². The summed E-state index contributed by atoms with van der Waals surface area (Å²) in [7, 11) is 0. The molecule has 0 bridgehead atoms. The highest BCUT2D eigenvalue weighted by molar-refractivity contribution is 5.80. The van der Waals surface area contributed by atoms with Crippen molar-refractivity contribution in [2.24, 2.45) is 0 Å². The van der Waals surface area contributed by atoms with Gasteiger partial charge in [-0.3, -0.25) is 4.79 Å². The fraction of sp³-hybridized carbons (Fsp3) is 0.818. The molecular formula is C11H19N2O3. The predicted octanol–water partition coefficient (Wildman–Crippen LogP) is 1.69. The Morgan fingerprint density at radius 3 is 2.25 bits per heavy atom. The molecule has 0 aliphatic carbocycles. The second-order valence-electron chi connectivity index (χ2n) is 4.90. The molecule has 1 saturated heterocycles. The van der Waals surface area contributed by atoms with Crippen molar-refractivity contribution in [3.05, 3.63) is 0 Å². The minimum absolute atomic E-state index is 0.595. The van der Waals surface area contributed by atoms with Crippen LogP contribution in [0.25, 0.3) is 0 Å². The number of hydrogen-bond acceptors (Lipinski definition) is 4. The molecule has 1 heterocycles. The first-order valence-electron chi connectivity index (χ1n) is 5.60. The lowest BCUT2D eigenvalue weighted by molar-refractivity contribution is -0.0230. The van der Waals surface area contributed by atoms with Gasteiger partial charge in [0.1, 0.15) is 5.60 Å². The third kappa shape index (κ3) is 3.81. The zero-order valence-electron chi connectivity index (χ0n) is 10.2. The third-order valence-corrected chi connectivity index (χ3v) is 2.27. The van der Waals surface area contributed by atoms with Crippen LogP contribution in [0.5, 0.6) is 0 Å². The fourth-order valence-corrected chi connectivity index (χ4v) is 1.59. The topological polar surface area (TPSA) is 49.9 Å². The van der Waals surface area contributed by atoms with E-state index in [4.69, 9.17) is 4.74 Å². The molecule has 1 radical (unpaired) electrons. The standard InChI is InChI=1S/C11H19N2O3/c1-11(2,3)16-10(15)13(9-14)12-7-5-4-6-8-12/h4-8H2,1-3H3. The lowest BCUT2D eigenvalue weighted by Gasteiger charge is -2.33. The van der Waals surface area contributed by atoms with Gasteiger partial charge in [-0.15, -0.1) is 0 Å². The van der Waals surface area contributed by atoms with Crippen LogP contribution in [-0.4, -0.2) is 41.2 Å². The smallest absolute Gasteiger partial charge is 0.432 e. The molecule has 0 N–H and O–H groups in total. The predicted molar refractivity (Wildman–Crippen MR) is 59.2 cm³/mol. The molecule has 1 aliphatic heterocycles. The van der Waals surface area contributed by atoms with Gasteiger partial charge in [0.15, 0.2) is 0 Å². The van der Waals surface area contributed by atoms with Crippen LogP contribution in [0, 0.1) is 0 Å². The quantitative estimate of drug-likeness (QED) is 0.674. The number of piperidine rings is 1. The minimum Gasteiger partial charge on any atom is -0.442 e. The van der Waals surface area contributed by atoms with Crippen molar-refractivity contribution in [1.29, 1.82) is 0 Å². The number of ether oxygens (including phenoxy) is 1. The Labute approximate surface area is 96.3 Å². The molecular weight excluding hydrogens is 208 g/mol. The van der Waals surface area contributed by atoms with E-state index in [0.29, 0.717) is 13.1 Å². The highest BCUT2D eigenvalue weighted by Crippen LogP contribution is 2.14. The van der Waals surface area contributed by atoms with E-state index in [9.17, 15) is 9.59 Å². The van der Waals surface area contributed by atoms with E-state index in [2.05, 4.69) is 0 Å². The number of imide groups is 1. The summed E-state index contributed by atoms with van der Waals surface area (Å²) >= 11 is 0. The minimum atomic E-state index is -0.649. The summed E-state index contributed by atoms with van der Waals surface area (Å²) in [4.78, 5) is 22.5. The first kappa shape index (κ1) is 13.0. The molecule has 0 atom stereocenters. The highest BCUT2D eigenvalue weighted by atomic mass is 16.6. The summed E-state index contributed by atoms with van der Waals surface area (Å²) in [6, 6.07) is 0. The number of amides is 2. The summed E-state index contributed by atoms with van der Waals surface area (Å²) in [5.74, 6) is 0. The molecule has 0 aromatic heterocycles. The molecule has 0 unspecified atom stereocenters. The van der Waals surface area contributed by atoms with Gasteiger partial charge in [0, 0.05) is 13.1 Å². The Morgan fingerprint density at radius 2 is 1.81 bits per heavy atom. The van der Waals surface area contributed by atoms with Gasteiger partial charge in [0.25, 0.3) is 0 Å². The Balaban J connectivity index is 2.58. The maximum atomic E-state index is 11.7. The van der Waals surface area contributed by atoms with Crippen LogP contribution in [-0.2, 0) is 9.53 Å². The van der Waals surface area contributed by atoms with Gasteiger partial charge in [-0.2, -0.15) is 5.01 Å². The second kappa shape index (κ2) is 5.30. The average molecular weight is 227 g/mol. The van der Waals surface area contributed by atoms with Gasteiger partial charge in [-0.1, -0.05) is 6.42 Å². The number of hydrazine groups is 1. The van der Waals surface area contributed by atoms with Crippen LogP contribution < -0.4 is 0 Å². The Hall–Kier alpha value is -1.10. The lowest BCUT2D eigenvalue weighted by atomic mass is 10.2. The van der Waals surface area contributed by atoms with E-state index in [-0.39, 0.29) is 0 Å². The summed E-state index contributed by atoms with van der Waals surface area (Å²) in [5, 5.41) is 2.61. The maximum absolute atomic E-state index is 11.7. The van der Waals surface area contributed by atoms with E-state index in [1.165, 1.54) is 0 Å². The monoisotopic (exact) mass is 227 g/mol. The van der Waals surface area contributed by atoms with E-state index < -0.39 is 11.7 Å². The zero-order valence-corrected chi connectivity index (χ0v) is 10.2. The van der Waals surface area contributed by atoms with Crippen molar-refractivity contribution in [3.63, 3.8) is 0 Å². The lowest BCUT2D eigenvalue weighted by Crippen LogP contribution is -2.49. The molecule has 5 nitrogen and oxygen atoms in total. The second-order valence-corrected chi connectivity index (χ2v) is 4.90. The molecule has 5 heteroatoms. The zero-order chi connectivity index (χ0) is 12.2. The van der Waals surface area contributed by atoms with Crippen LogP contribution in [0.4, 0.5) is 4.79 Å². The molecule has 1 rings (SSSR count). The van der Waals surface area contributed by atoms with Crippen molar-refractivity contribution in [3.8, 4) is 0 Å². The third-order valence-electron chi connectivity index (χ3n) is 2.27. The van der Waals surface area contributed by atoms with Gasteiger partial charge in [0.2, 0.25) is 0 Å². The molecule has 0 spiro atoms. The number of carbonyl (C=O) groups is 1. The SMILES string of the molecule is CC(C)(C)OC(=O)N([C]=O)N1CCCCC1.